The smallest absolute Gasteiger partial charge is 0.165 e. The van der Waals surface area contributed by atoms with Crippen LogP contribution in [0.4, 0.5) is 4.39 Å². The lowest BCUT2D eigenvalue weighted by molar-refractivity contribution is 0.255. The first kappa shape index (κ1) is 16.2. The second-order valence-electron chi connectivity index (χ2n) is 5.72. The van der Waals surface area contributed by atoms with Gasteiger partial charge in [-0.2, -0.15) is 0 Å². The van der Waals surface area contributed by atoms with Gasteiger partial charge < -0.3 is 15.0 Å². The number of benzene rings is 1. The summed E-state index contributed by atoms with van der Waals surface area (Å²) in [5.41, 5.74) is 0.957. The van der Waals surface area contributed by atoms with Crippen molar-refractivity contribution in [3.63, 3.8) is 0 Å². The van der Waals surface area contributed by atoms with Crippen molar-refractivity contribution in [3.8, 4) is 5.75 Å². The van der Waals surface area contributed by atoms with E-state index in [2.05, 4.69) is 10.2 Å². The monoisotopic (exact) mass is 294 g/mol. The van der Waals surface area contributed by atoms with Crippen LogP contribution in [0, 0.1) is 5.82 Å². The first-order valence-corrected chi connectivity index (χ1v) is 8.08. The molecule has 1 unspecified atom stereocenters. The van der Waals surface area contributed by atoms with Crippen LogP contribution in [0.2, 0.25) is 0 Å². The third kappa shape index (κ3) is 4.97. The van der Waals surface area contributed by atoms with E-state index < -0.39 is 0 Å². The second-order valence-corrected chi connectivity index (χ2v) is 5.72. The third-order valence-corrected chi connectivity index (χ3v) is 4.04. The summed E-state index contributed by atoms with van der Waals surface area (Å²) in [5, 5.41) is 3.28. The molecule has 1 aliphatic heterocycles. The molecule has 1 heterocycles. The van der Waals surface area contributed by atoms with E-state index in [1.165, 1.54) is 25.9 Å². The Labute approximate surface area is 127 Å². The number of ether oxygens (including phenoxy) is 1. The molecule has 0 saturated carbocycles. The van der Waals surface area contributed by atoms with Crippen molar-refractivity contribution in [2.45, 2.75) is 39.2 Å². The molecule has 3 nitrogen and oxygen atoms in total. The van der Waals surface area contributed by atoms with Gasteiger partial charge in [-0.1, -0.05) is 13.0 Å². The number of likely N-dealkylation sites (tertiary alicyclic amines) is 1. The fourth-order valence-corrected chi connectivity index (χ4v) is 2.80. The van der Waals surface area contributed by atoms with E-state index in [1.807, 2.05) is 19.9 Å². The molecule has 0 bridgehead atoms. The van der Waals surface area contributed by atoms with Crippen LogP contribution in [0.15, 0.2) is 18.2 Å². The molecule has 1 aromatic carbocycles. The van der Waals surface area contributed by atoms with Gasteiger partial charge in [-0.15, -0.1) is 0 Å². The van der Waals surface area contributed by atoms with Crippen molar-refractivity contribution in [2.75, 3.05) is 32.8 Å². The number of hydrogen-bond donors (Lipinski definition) is 1. The summed E-state index contributed by atoms with van der Waals surface area (Å²) in [6, 6.07) is 5.41. The summed E-state index contributed by atoms with van der Waals surface area (Å²) in [4.78, 5) is 2.45. The van der Waals surface area contributed by atoms with Crippen molar-refractivity contribution < 1.29 is 9.13 Å². The van der Waals surface area contributed by atoms with Crippen LogP contribution in [-0.4, -0.2) is 37.7 Å². The number of rotatable bonds is 8. The summed E-state index contributed by atoms with van der Waals surface area (Å²) in [6.07, 6.45) is 3.57. The predicted octanol–water partition coefficient (Wildman–Crippen LogP) is 3.36. The second kappa shape index (κ2) is 8.35. The molecular formula is C17H27FN2O. The fraction of sp³-hybridized carbons (Fsp3) is 0.647. The molecule has 0 aliphatic carbocycles. The van der Waals surface area contributed by atoms with Gasteiger partial charge in [-0.25, -0.2) is 4.39 Å². The maximum Gasteiger partial charge on any atom is 0.165 e. The molecule has 0 spiro atoms. The quantitative estimate of drug-likeness (QED) is 0.744. The van der Waals surface area contributed by atoms with Gasteiger partial charge in [-0.3, -0.25) is 0 Å². The zero-order valence-corrected chi connectivity index (χ0v) is 13.2. The predicted molar refractivity (Wildman–Crippen MR) is 84.3 cm³/mol. The minimum Gasteiger partial charge on any atom is -0.490 e. The Morgan fingerprint density at radius 3 is 2.76 bits per heavy atom. The van der Waals surface area contributed by atoms with E-state index >= 15 is 0 Å². The average molecular weight is 294 g/mol. The Morgan fingerprint density at radius 2 is 2.10 bits per heavy atom. The van der Waals surface area contributed by atoms with Crippen LogP contribution in [0.5, 0.6) is 5.75 Å². The van der Waals surface area contributed by atoms with Crippen molar-refractivity contribution in [1.29, 1.82) is 0 Å². The molecule has 118 valence electrons. The summed E-state index contributed by atoms with van der Waals surface area (Å²) >= 11 is 0. The Hall–Kier alpha value is -1.13. The number of nitrogens with one attached hydrogen (secondary N) is 1. The molecule has 1 fully saturated rings. The van der Waals surface area contributed by atoms with E-state index in [-0.39, 0.29) is 11.9 Å². The van der Waals surface area contributed by atoms with Crippen LogP contribution < -0.4 is 10.1 Å². The topological polar surface area (TPSA) is 24.5 Å². The molecule has 1 atom stereocenters. The maximum atomic E-state index is 14.0. The van der Waals surface area contributed by atoms with Crippen LogP contribution in [0.25, 0.3) is 0 Å². The number of nitrogens with zero attached hydrogens (tertiary/aromatic N) is 1. The minimum absolute atomic E-state index is 0.161. The van der Waals surface area contributed by atoms with E-state index in [0.29, 0.717) is 12.4 Å². The molecule has 4 heteroatoms. The molecule has 0 aromatic heterocycles. The van der Waals surface area contributed by atoms with Gasteiger partial charge in [0.1, 0.15) is 0 Å². The van der Waals surface area contributed by atoms with Gasteiger partial charge in [0.2, 0.25) is 0 Å². The van der Waals surface area contributed by atoms with E-state index in [9.17, 15) is 4.39 Å². The molecule has 0 amide bonds. The summed E-state index contributed by atoms with van der Waals surface area (Å²) < 4.78 is 19.6. The molecule has 1 aliphatic rings. The minimum atomic E-state index is -0.265. The molecule has 1 N–H and O–H groups in total. The maximum absolute atomic E-state index is 14.0. The summed E-state index contributed by atoms with van der Waals surface area (Å²) in [6.45, 7) is 8.99. The van der Waals surface area contributed by atoms with E-state index in [0.717, 1.165) is 25.1 Å². The number of halogens is 1. The van der Waals surface area contributed by atoms with E-state index in [4.69, 9.17) is 4.74 Å². The van der Waals surface area contributed by atoms with Gasteiger partial charge in [0.25, 0.3) is 0 Å². The molecule has 2 rings (SSSR count). The SMILES string of the molecule is CCNC(C)c1ccc(OCCCN2CCCC2)c(F)c1. The highest BCUT2D eigenvalue weighted by molar-refractivity contribution is 5.30. The molecule has 0 radical (unpaired) electrons. The average Bonchev–Trinajstić information content (AvgIpc) is 2.98. The normalized spacial score (nSPS) is 17.1. The molecule has 1 saturated heterocycles. The van der Waals surface area contributed by atoms with Crippen LogP contribution in [-0.2, 0) is 0 Å². The van der Waals surface area contributed by atoms with Crippen molar-refractivity contribution >= 4 is 0 Å². The third-order valence-electron chi connectivity index (χ3n) is 4.04. The highest BCUT2D eigenvalue weighted by Crippen LogP contribution is 2.22. The van der Waals surface area contributed by atoms with Gasteiger partial charge in [-0.05, 0) is 63.5 Å². The van der Waals surface area contributed by atoms with Crippen molar-refractivity contribution in [1.82, 2.24) is 10.2 Å². The lowest BCUT2D eigenvalue weighted by atomic mass is 10.1. The zero-order valence-electron chi connectivity index (χ0n) is 13.2. The lowest BCUT2D eigenvalue weighted by Gasteiger charge is -2.16. The number of hydrogen-bond acceptors (Lipinski definition) is 3. The first-order chi connectivity index (χ1) is 10.2. The van der Waals surface area contributed by atoms with Gasteiger partial charge >= 0.3 is 0 Å². The Kier molecular flexibility index (Phi) is 6.46. The fourth-order valence-electron chi connectivity index (χ4n) is 2.80. The summed E-state index contributed by atoms with van der Waals surface area (Å²) in [7, 11) is 0. The Morgan fingerprint density at radius 1 is 1.33 bits per heavy atom. The van der Waals surface area contributed by atoms with Crippen molar-refractivity contribution in [2.24, 2.45) is 0 Å². The van der Waals surface area contributed by atoms with Crippen LogP contribution in [0.3, 0.4) is 0 Å². The summed E-state index contributed by atoms with van der Waals surface area (Å²) in [5.74, 6) is 0.0993. The molecule has 1 aromatic rings. The van der Waals surface area contributed by atoms with Gasteiger partial charge in [0, 0.05) is 12.6 Å². The van der Waals surface area contributed by atoms with Crippen molar-refractivity contribution in [3.05, 3.63) is 29.6 Å². The van der Waals surface area contributed by atoms with Crippen LogP contribution in [0.1, 0.15) is 44.7 Å². The van der Waals surface area contributed by atoms with Gasteiger partial charge in [0.15, 0.2) is 11.6 Å². The highest BCUT2D eigenvalue weighted by Gasteiger charge is 2.12. The largest absolute Gasteiger partial charge is 0.490 e. The zero-order chi connectivity index (χ0) is 15.1. The highest BCUT2D eigenvalue weighted by atomic mass is 19.1. The molecule has 21 heavy (non-hydrogen) atoms. The van der Waals surface area contributed by atoms with Crippen LogP contribution >= 0.6 is 0 Å². The standard InChI is InChI=1S/C17H27FN2O/c1-3-19-14(2)15-7-8-17(16(18)13-15)21-12-6-11-20-9-4-5-10-20/h7-8,13-14,19H,3-6,9-12H2,1-2H3. The van der Waals surface area contributed by atoms with E-state index in [1.54, 1.807) is 12.1 Å². The van der Waals surface area contributed by atoms with Gasteiger partial charge in [0.05, 0.1) is 6.61 Å². The Bertz CT molecular complexity index is 433. The lowest BCUT2D eigenvalue weighted by Crippen LogP contribution is -2.22. The molecular weight excluding hydrogens is 267 g/mol. The Balaban J connectivity index is 1.77. The first-order valence-electron chi connectivity index (χ1n) is 8.08.